The minimum Gasteiger partial charge on any atom is -0.340 e. The molecule has 0 aliphatic heterocycles. The minimum absolute atomic E-state index is 0.0744. The third kappa shape index (κ3) is 9.25. The van der Waals surface area contributed by atoms with Crippen molar-refractivity contribution in [3.63, 3.8) is 0 Å². The molecule has 9 heteroatoms. The fourth-order valence-corrected chi connectivity index (χ4v) is 2.26. The summed E-state index contributed by atoms with van der Waals surface area (Å²) in [6, 6.07) is 0. The normalized spacial score (nSPS) is 13.4. The van der Waals surface area contributed by atoms with Crippen molar-refractivity contribution in [2.75, 3.05) is 0 Å². The van der Waals surface area contributed by atoms with Crippen molar-refractivity contribution >= 4 is 23.6 Å². The number of hydrazine groups is 2. The number of carbonyl (C=O) groups excluding carboxylic acids is 4. The molecule has 9 nitrogen and oxygen atoms in total. The molecule has 168 valence electrons. The lowest BCUT2D eigenvalue weighted by molar-refractivity contribution is -0.159. The van der Waals surface area contributed by atoms with Crippen LogP contribution in [0.5, 0.6) is 0 Å². The highest BCUT2D eigenvalue weighted by Gasteiger charge is 2.40. The Morgan fingerprint density at radius 3 is 2.07 bits per heavy atom. The average molecular weight is 414 g/mol. The highest BCUT2D eigenvalue weighted by Crippen LogP contribution is 2.21. The molecule has 0 aliphatic rings. The van der Waals surface area contributed by atoms with Gasteiger partial charge in [0.05, 0.1) is 11.6 Å². The zero-order chi connectivity index (χ0) is 22.8. The molecule has 0 aliphatic carbocycles. The molecule has 0 bridgehead atoms. The van der Waals surface area contributed by atoms with Crippen LogP contribution in [0, 0.1) is 17.3 Å². The van der Waals surface area contributed by atoms with E-state index in [-0.39, 0.29) is 24.2 Å². The van der Waals surface area contributed by atoms with Gasteiger partial charge in [-0.25, -0.2) is 10.9 Å². The standard InChI is InChI=1S/C20H39N5O4/c1-8-10-11-15(26)22-18(21)20(6,7)19(29)25(23-16(27)12-13(3)4)24-17(28)14(5)9-2/h13-14,18H,8-12,21H2,1-7H3,(H,22,26)(H,23,27)(H,24,28). The molecule has 2 unspecified atom stereocenters. The van der Waals surface area contributed by atoms with Crippen LogP contribution in [0.15, 0.2) is 0 Å². The number of hydrogen-bond donors (Lipinski definition) is 4. The Labute approximate surface area is 174 Å². The largest absolute Gasteiger partial charge is 0.340 e. The second-order valence-corrected chi connectivity index (χ2v) is 8.43. The summed E-state index contributed by atoms with van der Waals surface area (Å²) < 4.78 is 0. The summed E-state index contributed by atoms with van der Waals surface area (Å²) in [5.41, 5.74) is 9.72. The maximum absolute atomic E-state index is 13.1. The van der Waals surface area contributed by atoms with Crippen molar-refractivity contribution < 1.29 is 19.2 Å². The van der Waals surface area contributed by atoms with E-state index < -0.39 is 29.3 Å². The topological polar surface area (TPSA) is 134 Å². The van der Waals surface area contributed by atoms with Crippen LogP contribution in [0.25, 0.3) is 0 Å². The molecule has 0 aromatic rings. The first-order chi connectivity index (χ1) is 13.4. The summed E-state index contributed by atoms with van der Waals surface area (Å²) in [6.07, 6.45) is 1.66. The van der Waals surface area contributed by atoms with Crippen LogP contribution in [-0.2, 0) is 19.2 Å². The minimum atomic E-state index is -1.28. The fourth-order valence-electron chi connectivity index (χ4n) is 2.26. The van der Waals surface area contributed by atoms with Crippen LogP contribution < -0.4 is 21.9 Å². The molecule has 0 rings (SSSR count). The van der Waals surface area contributed by atoms with E-state index in [1.165, 1.54) is 0 Å². The SMILES string of the molecule is CCCCC(=O)NC(N)C(C)(C)C(=O)N(NC(=O)CC(C)C)NC(=O)C(C)CC. The van der Waals surface area contributed by atoms with Gasteiger partial charge in [-0.05, 0) is 32.6 Å². The Morgan fingerprint density at radius 2 is 1.59 bits per heavy atom. The Kier molecular flexibility index (Phi) is 11.5. The molecule has 5 N–H and O–H groups in total. The highest BCUT2D eigenvalue weighted by atomic mass is 16.2. The second-order valence-electron chi connectivity index (χ2n) is 8.43. The number of nitrogens with zero attached hydrogens (tertiary/aromatic N) is 1. The van der Waals surface area contributed by atoms with Crippen LogP contribution in [0.4, 0.5) is 0 Å². The summed E-state index contributed by atoms with van der Waals surface area (Å²) in [4.78, 5) is 49.7. The summed E-state index contributed by atoms with van der Waals surface area (Å²) in [5.74, 6) is -1.96. The fraction of sp³-hybridized carbons (Fsp3) is 0.800. The molecule has 0 saturated carbocycles. The van der Waals surface area contributed by atoms with Gasteiger partial charge in [-0.15, -0.1) is 0 Å². The van der Waals surface area contributed by atoms with E-state index in [1.807, 2.05) is 27.7 Å². The molecule has 0 spiro atoms. The molecular formula is C20H39N5O4. The van der Waals surface area contributed by atoms with E-state index in [0.29, 0.717) is 12.8 Å². The Bertz CT molecular complexity index is 577. The number of unbranched alkanes of at least 4 members (excludes halogenated alkanes) is 1. The van der Waals surface area contributed by atoms with Crippen LogP contribution in [0.2, 0.25) is 0 Å². The van der Waals surface area contributed by atoms with Crippen LogP contribution in [-0.4, -0.2) is 34.9 Å². The lowest BCUT2D eigenvalue weighted by Gasteiger charge is -2.36. The van der Waals surface area contributed by atoms with E-state index in [0.717, 1.165) is 18.0 Å². The lowest BCUT2D eigenvalue weighted by atomic mass is 9.88. The van der Waals surface area contributed by atoms with E-state index in [1.54, 1.807) is 20.8 Å². The maximum atomic E-state index is 13.1. The van der Waals surface area contributed by atoms with E-state index in [2.05, 4.69) is 16.2 Å². The van der Waals surface area contributed by atoms with Crippen molar-refractivity contribution in [1.29, 1.82) is 0 Å². The van der Waals surface area contributed by atoms with Gasteiger partial charge in [-0.3, -0.25) is 19.2 Å². The van der Waals surface area contributed by atoms with E-state index in [4.69, 9.17) is 5.73 Å². The first-order valence-corrected chi connectivity index (χ1v) is 10.4. The smallest absolute Gasteiger partial charge is 0.269 e. The van der Waals surface area contributed by atoms with Gasteiger partial charge in [0.15, 0.2) is 0 Å². The molecular weight excluding hydrogens is 374 g/mol. The number of rotatable bonds is 10. The van der Waals surface area contributed by atoms with Crippen LogP contribution in [0.3, 0.4) is 0 Å². The average Bonchev–Trinajstić information content (AvgIpc) is 2.63. The summed E-state index contributed by atoms with van der Waals surface area (Å²) in [6.45, 7) is 12.4. The summed E-state index contributed by atoms with van der Waals surface area (Å²) in [7, 11) is 0. The predicted octanol–water partition coefficient (Wildman–Crippen LogP) is 1.59. The molecule has 4 amide bonds. The van der Waals surface area contributed by atoms with Gasteiger partial charge in [0, 0.05) is 18.8 Å². The van der Waals surface area contributed by atoms with Crippen LogP contribution in [0.1, 0.15) is 80.6 Å². The predicted molar refractivity (Wildman–Crippen MR) is 111 cm³/mol. The molecule has 0 aromatic carbocycles. The molecule has 0 fully saturated rings. The number of nitrogens with two attached hydrogens (primary N) is 1. The first-order valence-electron chi connectivity index (χ1n) is 10.4. The van der Waals surface area contributed by atoms with E-state index >= 15 is 0 Å². The second kappa shape index (κ2) is 12.4. The van der Waals surface area contributed by atoms with Gasteiger partial charge >= 0.3 is 0 Å². The zero-order valence-corrected chi connectivity index (χ0v) is 18.9. The first kappa shape index (κ1) is 26.8. The maximum Gasteiger partial charge on any atom is 0.269 e. The van der Waals surface area contributed by atoms with Crippen molar-refractivity contribution in [3.05, 3.63) is 0 Å². The highest BCUT2D eigenvalue weighted by molar-refractivity contribution is 5.89. The number of amides is 4. The molecule has 0 heterocycles. The van der Waals surface area contributed by atoms with Gasteiger partial charge in [0.25, 0.3) is 5.91 Å². The van der Waals surface area contributed by atoms with E-state index in [9.17, 15) is 19.2 Å². The van der Waals surface area contributed by atoms with Gasteiger partial charge in [0.1, 0.15) is 0 Å². The van der Waals surface area contributed by atoms with Gasteiger partial charge in [-0.2, -0.15) is 5.12 Å². The Morgan fingerprint density at radius 1 is 1.00 bits per heavy atom. The Hall–Kier alpha value is -2.16. The summed E-state index contributed by atoms with van der Waals surface area (Å²) >= 11 is 0. The molecule has 0 saturated heterocycles. The van der Waals surface area contributed by atoms with Crippen LogP contribution >= 0.6 is 0 Å². The molecule has 29 heavy (non-hydrogen) atoms. The van der Waals surface area contributed by atoms with Gasteiger partial charge in [0.2, 0.25) is 17.7 Å². The van der Waals surface area contributed by atoms with Gasteiger partial charge < -0.3 is 11.1 Å². The monoisotopic (exact) mass is 413 g/mol. The van der Waals surface area contributed by atoms with Crippen molar-refractivity contribution in [2.45, 2.75) is 86.7 Å². The number of carbonyl (C=O) groups is 4. The molecule has 0 aromatic heterocycles. The third-order valence-electron chi connectivity index (χ3n) is 4.72. The molecule has 0 radical (unpaired) electrons. The van der Waals surface area contributed by atoms with Crippen molar-refractivity contribution in [1.82, 2.24) is 21.3 Å². The quantitative estimate of drug-likeness (QED) is 0.319. The van der Waals surface area contributed by atoms with Gasteiger partial charge in [-0.1, -0.05) is 41.0 Å². The number of nitrogens with one attached hydrogen (secondary N) is 3. The third-order valence-corrected chi connectivity index (χ3v) is 4.72. The zero-order valence-electron chi connectivity index (χ0n) is 18.9. The van der Waals surface area contributed by atoms with Crippen molar-refractivity contribution in [3.8, 4) is 0 Å². The Balaban J connectivity index is 5.42. The lowest BCUT2D eigenvalue weighted by Crippen LogP contribution is -2.65. The molecule has 2 atom stereocenters. The summed E-state index contributed by atoms with van der Waals surface area (Å²) in [5, 5.41) is 3.43. The number of hydrogen-bond acceptors (Lipinski definition) is 5. The van der Waals surface area contributed by atoms with Crippen molar-refractivity contribution in [2.24, 2.45) is 23.0 Å².